The Morgan fingerprint density at radius 2 is 2.16 bits per heavy atom. The molecule has 3 N–H and O–H groups in total. The van der Waals surface area contributed by atoms with E-state index in [9.17, 15) is 4.79 Å². The Morgan fingerprint density at radius 1 is 1.28 bits per heavy atom. The standard InChI is InChI=1S/C23H22ClN5O3/c1-31-21-9-8-16(12-18(21)24)25-13-15(23-27-19-6-2-3-7-20(19)28-23)11-22(30)29-26-14-17-5-4-10-32-17/h2-10,12,14-15,25H,11,13H2,1H3,(H,27,28)(H,29,30)/b26-14+. The minimum absolute atomic E-state index is 0.173. The molecule has 164 valence electrons. The molecule has 0 aliphatic heterocycles. The van der Waals surface area contributed by atoms with Crippen LogP contribution in [0.2, 0.25) is 5.02 Å². The molecule has 4 rings (SSSR count). The number of aromatic nitrogens is 2. The number of imidazole rings is 1. The van der Waals surface area contributed by atoms with Crippen LogP contribution in [0, 0.1) is 0 Å². The fourth-order valence-electron chi connectivity index (χ4n) is 3.25. The molecular formula is C23H22ClN5O3. The van der Waals surface area contributed by atoms with Crippen molar-refractivity contribution in [2.45, 2.75) is 12.3 Å². The quantitative estimate of drug-likeness (QED) is 0.256. The maximum atomic E-state index is 12.6. The van der Waals surface area contributed by atoms with E-state index in [4.69, 9.17) is 20.8 Å². The van der Waals surface area contributed by atoms with Crippen LogP contribution in [0.15, 0.2) is 70.4 Å². The molecule has 1 atom stereocenters. The molecule has 0 radical (unpaired) electrons. The van der Waals surface area contributed by atoms with Gasteiger partial charge in [-0.1, -0.05) is 23.7 Å². The lowest BCUT2D eigenvalue weighted by atomic mass is 10.0. The molecule has 0 fully saturated rings. The average molecular weight is 452 g/mol. The highest BCUT2D eigenvalue weighted by molar-refractivity contribution is 6.32. The monoisotopic (exact) mass is 451 g/mol. The van der Waals surface area contributed by atoms with E-state index in [1.807, 2.05) is 30.3 Å². The number of nitrogens with zero attached hydrogens (tertiary/aromatic N) is 2. The molecule has 0 spiro atoms. The third-order valence-electron chi connectivity index (χ3n) is 4.85. The number of aromatic amines is 1. The van der Waals surface area contributed by atoms with Gasteiger partial charge in [0.15, 0.2) is 0 Å². The van der Waals surface area contributed by atoms with E-state index in [0.29, 0.717) is 28.9 Å². The second-order valence-corrected chi connectivity index (χ2v) is 7.49. The Balaban J connectivity index is 1.48. The highest BCUT2D eigenvalue weighted by Gasteiger charge is 2.20. The zero-order valence-electron chi connectivity index (χ0n) is 17.3. The van der Waals surface area contributed by atoms with Gasteiger partial charge in [0.05, 0.1) is 35.6 Å². The number of hydrazone groups is 1. The minimum atomic E-state index is -0.243. The number of rotatable bonds is 9. The van der Waals surface area contributed by atoms with Crippen LogP contribution in [0.5, 0.6) is 5.75 Å². The highest BCUT2D eigenvalue weighted by atomic mass is 35.5. The molecule has 4 aromatic rings. The number of para-hydroxylation sites is 2. The zero-order chi connectivity index (χ0) is 22.3. The number of methoxy groups -OCH3 is 1. The third-order valence-corrected chi connectivity index (χ3v) is 5.15. The number of H-pyrrole nitrogens is 1. The lowest BCUT2D eigenvalue weighted by molar-refractivity contribution is -0.121. The van der Waals surface area contributed by atoms with E-state index in [2.05, 4.69) is 25.8 Å². The number of carbonyl (C=O) groups is 1. The maximum absolute atomic E-state index is 12.6. The number of amides is 1. The number of furan rings is 1. The first-order valence-electron chi connectivity index (χ1n) is 10.00. The normalized spacial score (nSPS) is 12.2. The topological polar surface area (TPSA) is 105 Å². The first kappa shape index (κ1) is 21.5. The van der Waals surface area contributed by atoms with Crippen LogP contribution in [-0.2, 0) is 4.79 Å². The Morgan fingerprint density at radius 3 is 2.91 bits per heavy atom. The van der Waals surface area contributed by atoms with Gasteiger partial charge in [-0.2, -0.15) is 5.10 Å². The number of hydrogen-bond donors (Lipinski definition) is 3. The van der Waals surface area contributed by atoms with Gasteiger partial charge < -0.3 is 19.5 Å². The van der Waals surface area contributed by atoms with Crippen molar-refractivity contribution in [2.24, 2.45) is 5.10 Å². The second kappa shape index (κ2) is 10.0. The van der Waals surface area contributed by atoms with E-state index >= 15 is 0 Å². The molecule has 2 aromatic carbocycles. The van der Waals surface area contributed by atoms with Crippen LogP contribution in [0.4, 0.5) is 5.69 Å². The number of ether oxygens (including phenoxy) is 1. The number of benzene rings is 2. The van der Waals surface area contributed by atoms with Crippen LogP contribution >= 0.6 is 11.6 Å². The Labute approximate surface area is 189 Å². The molecule has 0 aliphatic carbocycles. The molecule has 0 saturated carbocycles. The van der Waals surface area contributed by atoms with E-state index in [1.54, 1.807) is 31.4 Å². The first-order chi connectivity index (χ1) is 15.6. The predicted octanol–water partition coefficient (Wildman–Crippen LogP) is 4.55. The van der Waals surface area contributed by atoms with Gasteiger partial charge in [0.2, 0.25) is 5.91 Å². The summed E-state index contributed by atoms with van der Waals surface area (Å²) in [5.41, 5.74) is 5.11. The van der Waals surface area contributed by atoms with Crippen molar-refractivity contribution in [3.05, 3.63) is 77.5 Å². The number of anilines is 1. The van der Waals surface area contributed by atoms with E-state index in [1.165, 1.54) is 12.5 Å². The van der Waals surface area contributed by atoms with E-state index < -0.39 is 0 Å². The van der Waals surface area contributed by atoms with Crippen molar-refractivity contribution in [3.8, 4) is 5.75 Å². The summed E-state index contributed by atoms with van der Waals surface area (Å²) in [5, 5.41) is 7.78. The van der Waals surface area contributed by atoms with Crippen molar-refractivity contribution in [1.29, 1.82) is 0 Å². The van der Waals surface area contributed by atoms with Crippen molar-refractivity contribution >= 4 is 40.4 Å². The van der Waals surface area contributed by atoms with Crippen LogP contribution in [0.3, 0.4) is 0 Å². The molecule has 0 bridgehead atoms. The van der Waals surface area contributed by atoms with Crippen molar-refractivity contribution in [1.82, 2.24) is 15.4 Å². The summed E-state index contributed by atoms with van der Waals surface area (Å²) in [4.78, 5) is 20.5. The SMILES string of the molecule is COc1ccc(NCC(CC(=O)N/N=C/c2ccco2)c2nc3ccccc3[nH]2)cc1Cl. The van der Waals surface area contributed by atoms with Crippen LogP contribution in [-0.4, -0.2) is 35.7 Å². The summed E-state index contributed by atoms with van der Waals surface area (Å²) in [7, 11) is 1.57. The number of halogens is 1. The Hall–Kier alpha value is -3.78. The lowest BCUT2D eigenvalue weighted by Crippen LogP contribution is -2.24. The lowest BCUT2D eigenvalue weighted by Gasteiger charge is -2.16. The van der Waals surface area contributed by atoms with Gasteiger partial charge in [-0.05, 0) is 42.5 Å². The number of nitrogens with one attached hydrogen (secondary N) is 3. The third kappa shape index (κ3) is 5.28. The summed E-state index contributed by atoms with van der Waals surface area (Å²) in [6.07, 6.45) is 3.16. The second-order valence-electron chi connectivity index (χ2n) is 7.08. The van der Waals surface area contributed by atoms with Gasteiger partial charge in [-0.3, -0.25) is 4.79 Å². The fourth-order valence-corrected chi connectivity index (χ4v) is 3.51. The summed E-state index contributed by atoms with van der Waals surface area (Å²) < 4.78 is 10.4. The summed E-state index contributed by atoms with van der Waals surface area (Å²) in [6, 6.07) is 16.7. The van der Waals surface area contributed by atoms with Crippen LogP contribution in [0.25, 0.3) is 11.0 Å². The molecule has 0 aliphatic rings. The highest BCUT2D eigenvalue weighted by Crippen LogP contribution is 2.28. The van der Waals surface area contributed by atoms with E-state index in [-0.39, 0.29) is 18.2 Å². The van der Waals surface area contributed by atoms with Crippen molar-refractivity contribution in [3.63, 3.8) is 0 Å². The maximum Gasteiger partial charge on any atom is 0.240 e. The van der Waals surface area contributed by atoms with Gasteiger partial charge in [-0.25, -0.2) is 10.4 Å². The molecule has 8 nitrogen and oxygen atoms in total. The van der Waals surface area contributed by atoms with Crippen LogP contribution in [0.1, 0.15) is 23.9 Å². The molecule has 9 heteroatoms. The molecule has 0 saturated heterocycles. The largest absolute Gasteiger partial charge is 0.495 e. The van der Waals surface area contributed by atoms with Gasteiger partial charge in [0, 0.05) is 24.6 Å². The summed E-state index contributed by atoms with van der Waals surface area (Å²) in [5.74, 6) is 1.38. The summed E-state index contributed by atoms with van der Waals surface area (Å²) in [6.45, 7) is 0.456. The Bertz CT molecular complexity index is 1190. The first-order valence-corrected chi connectivity index (χ1v) is 10.4. The van der Waals surface area contributed by atoms with Gasteiger partial charge in [0.25, 0.3) is 0 Å². The molecular weight excluding hydrogens is 430 g/mol. The number of hydrogen-bond acceptors (Lipinski definition) is 6. The van der Waals surface area contributed by atoms with Crippen molar-refractivity contribution in [2.75, 3.05) is 19.0 Å². The number of carbonyl (C=O) groups excluding carboxylic acids is 1. The van der Waals surface area contributed by atoms with Gasteiger partial charge in [-0.15, -0.1) is 0 Å². The van der Waals surface area contributed by atoms with Crippen LogP contribution < -0.4 is 15.5 Å². The minimum Gasteiger partial charge on any atom is -0.495 e. The van der Waals surface area contributed by atoms with Crippen molar-refractivity contribution < 1.29 is 13.9 Å². The predicted molar refractivity (Wildman–Crippen MR) is 124 cm³/mol. The van der Waals surface area contributed by atoms with Gasteiger partial charge >= 0.3 is 0 Å². The molecule has 2 heterocycles. The number of fused-ring (bicyclic) bond motifs is 1. The molecule has 32 heavy (non-hydrogen) atoms. The molecule has 1 amide bonds. The molecule has 1 unspecified atom stereocenters. The fraction of sp³-hybridized carbons (Fsp3) is 0.174. The average Bonchev–Trinajstić information content (AvgIpc) is 3.46. The Kier molecular flexibility index (Phi) is 6.72. The van der Waals surface area contributed by atoms with E-state index in [0.717, 1.165) is 16.7 Å². The van der Waals surface area contributed by atoms with Gasteiger partial charge in [0.1, 0.15) is 17.3 Å². The smallest absolute Gasteiger partial charge is 0.240 e. The summed E-state index contributed by atoms with van der Waals surface area (Å²) >= 11 is 6.23. The zero-order valence-corrected chi connectivity index (χ0v) is 18.1. The molecule has 2 aromatic heterocycles.